The molecule has 2 N–H and O–H groups in total. The van der Waals surface area contributed by atoms with Crippen LogP contribution in [0.25, 0.3) is 0 Å². The second-order valence-corrected chi connectivity index (χ2v) is 9.60. The average molecular weight is 464 g/mol. The number of hydrogen-bond acceptors (Lipinski definition) is 5. The van der Waals surface area contributed by atoms with Crippen molar-refractivity contribution in [2.45, 2.75) is 32.6 Å². The van der Waals surface area contributed by atoms with Crippen LogP contribution in [0.2, 0.25) is 0 Å². The standard InChI is InChI=1S/C22H29N3O4S2/c1-5-25(6-2)31(27,28)20-13-9-18(10-14-20)23-22(30)24-21(26)17-7-11-19(12-8-17)29-15-16(3)4/h7-14,16H,5-6,15H2,1-4H3,(H2,23,24,26,30). The number of carbonyl (C=O) groups is 1. The monoisotopic (exact) mass is 463 g/mol. The SMILES string of the molecule is CCN(CC)S(=O)(=O)c1ccc(NC(=S)NC(=O)c2ccc(OCC(C)C)cc2)cc1. The molecule has 0 spiro atoms. The van der Waals surface area contributed by atoms with Crippen molar-refractivity contribution < 1.29 is 17.9 Å². The van der Waals surface area contributed by atoms with E-state index in [1.54, 1.807) is 50.2 Å². The first-order valence-electron chi connectivity index (χ1n) is 10.1. The van der Waals surface area contributed by atoms with E-state index in [0.717, 1.165) is 0 Å². The molecule has 2 rings (SSSR count). The Morgan fingerprint density at radius 2 is 1.61 bits per heavy atom. The van der Waals surface area contributed by atoms with Gasteiger partial charge >= 0.3 is 0 Å². The molecular weight excluding hydrogens is 434 g/mol. The van der Waals surface area contributed by atoms with Gasteiger partial charge in [0.15, 0.2) is 5.11 Å². The number of hydrogen-bond donors (Lipinski definition) is 2. The molecule has 0 aliphatic rings. The van der Waals surface area contributed by atoms with Gasteiger partial charge in [0.05, 0.1) is 11.5 Å². The highest BCUT2D eigenvalue weighted by atomic mass is 32.2. The highest BCUT2D eigenvalue weighted by molar-refractivity contribution is 7.89. The molecule has 0 bridgehead atoms. The molecule has 0 atom stereocenters. The summed E-state index contributed by atoms with van der Waals surface area (Å²) in [5.41, 5.74) is 1.02. The third-order valence-electron chi connectivity index (χ3n) is 4.38. The van der Waals surface area contributed by atoms with Crippen LogP contribution in [0.5, 0.6) is 5.75 Å². The van der Waals surface area contributed by atoms with Crippen LogP contribution in [0, 0.1) is 5.92 Å². The summed E-state index contributed by atoms with van der Waals surface area (Å²) in [5, 5.41) is 5.61. The van der Waals surface area contributed by atoms with E-state index in [1.807, 2.05) is 0 Å². The molecule has 168 valence electrons. The summed E-state index contributed by atoms with van der Waals surface area (Å²) in [5.74, 6) is 0.761. The molecule has 0 fully saturated rings. The maximum absolute atomic E-state index is 12.5. The molecule has 2 aromatic rings. The van der Waals surface area contributed by atoms with Crippen LogP contribution in [0.4, 0.5) is 5.69 Å². The largest absolute Gasteiger partial charge is 0.493 e. The fourth-order valence-electron chi connectivity index (χ4n) is 2.73. The van der Waals surface area contributed by atoms with Crippen molar-refractivity contribution in [1.82, 2.24) is 9.62 Å². The number of benzene rings is 2. The topological polar surface area (TPSA) is 87.7 Å². The molecule has 0 unspecified atom stereocenters. The third kappa shape index (κ3) is 7.02. The van der Waals surface area contributed by atoms with Crippen molar-refractivity contribution in [1.29, 1.82) is 0 Å². The summed E-state index contributed by atoms with van der Waals surface area (Å²) in [6, 6.07) is 13.0. The zero-order valence-corrected chi connectivity index (χ0v) is 19.8. The van der Waals surface area contributed by atoms with Crippen molar-refractivity contribution in [3.63, 3.8) is 0 Å². The normalized spacial score (nSPS) is 11.4. The van der Waals surface area contributed by atoms with Crippen LogP contribution in [0.3, 0.4) is 0 Å². The van der Waals surface area contributed by atoms with Gasteiger partial charge in [-0.3, -0.25) is 10.1 Å². The molecular formula is C22H29N3O4S2. The number of rotatable bonds is 9. The van der Waals surface area contributed by atoms with Gasteiger partial charge < -0.3 is 10.1 Å². The number of amides is 1. The maximum atomic E-state index is 12.5. The first-order valence-corrected chi connectivity index (χ1v) is 12.0. The van der Waals surface area contributed by atoms with Gasteiger partial charge in [-0.2, -0.15) is 4.31 Å². The molecule has 7 nitrogen and oxygen atoms in total. The lowest BCUT2D eigenvalue weighted by atomic mass is 10.2. The van der Waals surface area contributed by atoms with E-state index in [9.17, 15) is 13.2 Å². The Morgan fingerprint density at radius 3 is 2.13 bits per heavy atom. The van der Waals surface area contributed by atoms with Crippen LogP contribution < -0.4 is 15.4 Å². The van der Waals surface area contributed by atoms with Gasteiger partial charge in [-0.15, -0.1) is 0 Å². The van der Waals surface area contributed by atoms with Gasteiger partial charge in [0, 0.05) is 24.3 Å². The number of sulfonamides is 1. The van der Waals surface area contributed by atoms with Gasteiger partial charge in [0.2, 0.25) is 10.0 Å². The van der Waals surface area contributed by atoms with Crippen molar-refractivity contribution in [2.75, 3.05) is 25.0 Å². The Kier molecular flexibility index (Phi) is 8.97. The van der Waals surface area contributed by atoms with Gasteiger partial charge in [-0.05, 0) is 66.7 Å². The van der Waals surface area contributed by atoms with Crippen LogP contribution >= 0.6 is 12.2 Å². The number of nitrogens with one attached hydrogen (secondary N) is 2. The Balaban J connectivity index is 1.95. The zero-order chi connectivity index (χ0) is 23.0. The second-order valence-electron chi connectivity index (χ2n) is 7.25. The van der Waals surface area contributed by atoms with Gasteiger partial charge in [0.25, 0.3) is 5.91 Å². The highest BCUT2D eigenvalue weighted by Gasteiger charge is 2.21. The lowest BCUT2D eigenvalue weighted by molar-refractivity contribution is 0.0977. The van der Waals surface area contributed by atoms with Crippen LogP contribution in [-0.2, 0) is 10.0 Å². The first-order chi connectivity index (χ1) is 14.7. The number of ether oxygens (including phenoxy) is 1. The summed E-state index contributed by atoms with van der Waals surface area (Å²) >= 11 is 5.20. The molecule has 0 saturated heterocycles. The zero-order valence-electron chi connectivity index (χ0n) is 18.2. The minimum absolute atomic E-state index is 0.115. The van der Waals surface area contributed by atoms with Crippen molar-refractivity contribution in [3.05, 3.63) is 54.1 Å². The van der Waals surface area contributed by atoms with E-state index >= 15 is 0 Å². The molecule has 0 radical (unpaired) electrons. The van der Waals surface area contributed by atoms with Crippen molar-refractivity contribution in [3.8, 4) is 5.75 Å². The predicted molar refractivity (Wildman–Crippen MR) is 127 cm³/mol. The van der Waals surface area contributed by atoms with Gasteiger partial charge in [0.1, 0.15) is 5.75 Å². The van der Waals surface area contributed by atoms with Gasteiger partial charge in [-0.1, -0.05) is 27.7 Å². The second kappa shape index (κ2) is 11.2. The Labute approximate surface area is 189 Å². The van der Waals surface area contributed by atoms with E-state index in [0.29, 0.717) is 42.6 Å². The summed E-state index contributed by atoms with van der Waals surface area (Å²) in [4.78, 5) is 12.6. The molecule has 0 heterocycles. The first kappa shape index (κ1) is 24.8. The van der Waals surface area contributed by atoms with E-state index in [4.69, 9.17) is 17.0 Å². The molecule has 0 aliphatic carbocycles. The summed E-state index contributed by atoms with van der Waals surface area (Å²) in [6.45, 7) is 9.13. The van der Waals surface area contributed by atoms with E-state index in [2.05, 4.69) is 24.5 Å². The molecule has 1 amide bonds. The van der Waals surface area contributed by atoms with Crippen molar-refractivity contribution >= 4 is 38.9 Å². The summed E-state index contributed by atoms with van der Waals surface area (Å²) < 4.78 is 32.1. The van der Waals surface area contributed by atoms with E-state index in [1.165, 1.54) is 16.4 Å². The number of nitrogens with zero attached hydrogens (tertiary/aromatic N) is 1. The third-order valence-corrected chi connectivity index (χ3v) is 6.65. The smallest absolute Gasteiger partial charge is 0.257 e. The molecule has 2 aromatic carbocycles. The van der Waals surface area contributed by atoms with E-state index < -0.39 is 10.0 Å². The molecule has 31 heavy (non-hydrogen) atoms. The average Bonchev–Trinajstić information content (AvgIpc) is 2.73. The van der Waals surface area contributed by atoms with Gasteiger partial charge in [-0.25, -0.2) is 8.42 Å². The lowest BCUT2D eigenvalue weighted by Crippen LogP contribution is -2.34. The van der Waals surface area contributed by atoms with Crippen LogP contribution in [0.1, 0.15) is 38.1 Å². The summed E-state index contributed by atoms with van der Waals surface area (Å²) in [6.07, 6.45) is 0. The molecule has 0 aliphatic heterocycles. The number of anilines is 1. The van der Waals surface area contributed by atoms with Crippen LogP contribution in [-0.4, -0.2) is 43.4 Å². The fraction of sp³-hybridized carbons (Fsp3) is 0.364. The minimum Gasteiger partial charge on any atom is -0.493 e. The van der Waals surface area contributed by atoms with Crippen molar-refractivity contribution in [2.24, 2.45) is 5.92 Å². The number of carbonyl (C=O) groups excluding carboxylic acids is 1. The maximum Gasteiger partial charge on any atom is 0.257 e. The quantitative estimate of drug-likeness (QED) is 0.549. The number of thiocarbonyl (C=S) groups is 1. The summed E-state index contributed by atoms with van der Waals surface area (Å²) in [7, 11) is -3.52. The Hall–Kier alpha value is -2.49. The molecule has 0 aromatic heterocycles. The van der Waals surface area contributed by atoms with Crippen LogP contribution in [0.15, 0.2) is 53.4 Å². The lowest BCUT2D eigenvalue weighted by Gasteiger charge is -2.18. The Bertz CT molecular complexity index is 984. The Morgan fingerprint density at radius 1 is 1.03 bits per heavy atom. The fourth-order valence-corrected chi connectivity index (χ4v) is 4.39. The highest BCUT2D eigenvalue weighted by Crippen LogP contribution is 2.18. The molecule has 0 saturated carbocycles. The predicted octanol–water partition coefficient (Wildman–Crippen LogP) is 3.88. The van der Waals surface area contributed by atoms with E-state index in [-0.39, 0.29) is 15.9 Å². The minimum atomic E-state index is -3.52. The molecule has 9 heteroatoms.